The second-order valence-corrected chi connectivity index (χ2v) is 6.91. The summed E-state index contributed by atoms with van der Waals surface area (Å²) in [7, 11) is 1.65. The van der Waals surface area contributed by atoms with E-state index in [-0.39, 0.29) is 5.91 Å². The van der Waals surface area contributed by atoms with Crippen molar-refractivity contribution in [2.45, 2.75) is 25.9 Å². The van der Waals surface area contributed by atoms with Gasteiger partial charge in [-0.3, -0.25) is 9.78 Å². The van der Waals surface area contributed by atoms with Crippen molar-refractivity contribution in [2.24, 2.45) is 0 Å². The summed E-state index contributed by atoms with van der Waals surface area (Å²) in [5.41, 5.74) is 3.59. The van der Waals surface area contributed by atoms with Crippen LogP contribution >= 0.6 is 0 Å². The van der Waals surface area contributed by atoms with Gasteiger partial charge in [0.15, 0.2) is 5.65 Å². The maximum Gasteiger partial charge on any atom is 0.220 e. The topological polar surface area (TPSA) is 81.9 Å². The van der Waals surface area contributed by atoms with Crippen LogP contribution in [0, 0.1) is 0 Å². The van der Waals surface area contributed by atoms with Crippen LogP contribution in [0.5, 0.6) is 5.75 Å². The van der Waals surface area contributed by atoms with Gasteiger partial charge in [0.2, 0.25) is 5.91 Å². The number of hydrogen-bond donors (Lipinski definition) is 1. The predicted octanol–water partition coefficient (Wildman–Crippen LogP) is 3.13. The van der Waals surface area contributed by atoms with Gasteiger partial charge in [0.1, 0.15) is 17.1 Å². The molecule has 0 aliphatic heterocycles. The van der Waals surface area contributed by atoms with Gasteiger partial charge in [-0.2, -0.15) is 0 Å². The third-order valence-electron chi connectivity index (χ3n) is 4.85. The fourth-order valence-corrected chi connectivity index (χ4v) is 3.28. The van der Waals surface area contributed by atoms with E-state index in [4.69, 9.17) is 9.72 Å². The van der Waals surface area contributed by atoms with Crippen molar-refractivity contribution < 1.29 is 9.53 Å². The molecule has 0 aliphatic carbocycles. The number of hydrogen-bond acceptors (Lipinski definition) is 5. The Morgan fingerprint density at radius 3 is 2.63 bits per heavy atom. The molecule has 4 rings (SSSR count). The first-order valence-corrected chi connectivity index (χ1v) is 9.82. The van der Waals surface area contributed by atoms with Crippen LogP contribution < -0.4 is 10.1 Å². The van der Waals surface area contributed by atoms with E-state index in [1.165, 1.54) is 0 Å². The van der Waals surface area contributed by atoms with Crippen LogP contribution in [-0.2, 0) is 24.3 Å². The van der Waals surface area contributed by atoms with Crippen LogP contribution in [0.25, 0.3) is 11.2 Å². The molecule has 0 fully saturated rings. The van der Waals surface area contributed by atoms with Crippen LogP contribution in [0.1, 0.15) is 23.5 Å². The van der Waals surface area contributed by atoms with Crippen LogP contribution in [0.2, 0.25) is 0 Å². The molecule has 0 saturated heterocycles. The van der Waals surface area contributed by atoms with Crippen molar-refractivity contribution in [1.82, 2.24) is 24.8 Å². The van der Waals surface area contributed by atoms with Gasteiger partial charge in [-0.15, -0.1) is 0 Å². The van der Waals surface area contributed by atoms with Crippen LogP contribution in [0.3, 0.4) is 0 Å². The number of fused-ring (bicyclic) bond motifs is 1. The number of carbonyl (C=O) groups is 1. The number of imidazole rings is 1. The van der Waals surface area contributed by atoms with Crippen molar-refractivity contribution >= 4 is 17.1 Å². The number of aromatic nitrogens is 4. The molecular weight excluding hydrogens is 378 g/mol. The average molecular weight is 401 g/mol. The molecule has 3 aromatic heterocycles. The molecule has 3 heterocycles. The van der Waals surface area contributed by atoms with Gasteiger partial charge >= 0.3 is 0 Å². The van der Waals surface area contributed by atoms with Gasteiger partial charge in [-0.1, -0.05) is 18.2 Å². The zero-order chi connectivity index (χ0) is 20.8. The van der Waals surface area contributed by atoms with Crippen molar-refractivity contribution in [1.29, 1.82) is 0 Å². The standard InChI is InChI=1S/C23H23N5O2/c1-30-19-9-7-17(8-10-19)16-28-21(27-20-6-4-14-25-23(20)28)11-12-22(29)26-15-18-5-2-3-13-24-18/h2-10,13-14H,11-12,15-16H2,1H3,(H,26,29). The quantitative estimate of drug-likeness (QED) is 0.491. The monoisotopic (exact) mass is 401 g/mol. The lowest BCUT2D eigenvalue weighted by atomic mass is 10.2. The molecule has 1 N–H and O–H groups in total. The number of methoxy groups -OCH3 is 1. The van der Waals surface area contributed by atoms with Crippen molar-refractivity contribution in [3.63, 3.8) is 0 Å². The molecular formula is C23H23N5O2. The number of aryl methyl sites for hydroxylation is 1. The summed E-state index contributed by atoms with van der Waals surface area (Å²) in [5, 5.41) is 2.92. The van der Waals surface area contributed by atoms with E-state index >= 15 is 0 Å². The SMILES string of the molecule is COc1ccc(Cn2c(CCC(=O)NCc3ccccn3)nc3cccnc32)cc1. The Labute approximate surface area is 174 Å². The highest BCUT2D eigenvalue weighted by Gasteiger charge is 2.14. The summed E-state index contributed by atoms with van der Waals surface area (Å²) in [5.74, 6) is 1.63. The highest BCUT2D eigenvalue weighted by atomic mass is 16.5. The zero-order valence-corrected chi connectivity index (χ0v) is 16.8. The van der Waals surface area contributed by atoms with Crippen LogP contribution in [0.4, 0.5) is 0 Å². The minimum Gasteiger partial charge on any atom is -0.497 e. The van der Waals surface area contributed by atoms with Gasteiger partial charge in [0.05, 0.1) is 25.9 Å². The molecule has 0 saturated carbocycles. The zero-order valence-electron chi connectivity index (χ0n) is 16.8. The lowest BCUT2D eigenvalue weighted by molar-refractivity contribution is -0.121. The van der Waals surface area contributed by atoms with Gasteiger partial charge in [0, 0.05) is 25.2 Å². The Morgan fingerprint density at radius 1 is 1.03 bits per heavy atom. The molecule has 0 unspecified atom stereocenters. The third-order valence-corrected chi connectivity index (χ3v) is 4.85. The lowest BCUT2D eigenvalue weighted by Gasteiger charge is -2.10. The van der Waals surface area contributed by atoms with E-state index in [2.05, 4.69) is 19.9 Å². The summed E-state index contributed by atoms with van der Waals surface area (Å²) in [6, 6.07) is 17.4. The number of nitrogens with zero attached hydrogens (tertiary/aromatic N) is 4. The number of carbonyl (C=O) groups excluding carboxylic acids is 1. The number of rotatable bonds is 8. The molecule has 0 spiro atoms. The van der Waals surface area contributed by atoms with E-state index in [1.807, 2.05) is 54.6 Å². The molecule has 0 aliphatic rings. The second kappa shape index (κ2) is 9.17. The highest BCUT2D eigenvalue weighted by molar-refractivity contribution is 5.76. The van der Waals surface area contributed by atoms with E-state index in [0.29, 0.717) is 25.9 Å². The van der Waals surface area contributed by atoms with Crippen molar-refractivity contribution in [3.8, 4) is 5.75 Å². The number of ether oxygens (including phenoxy) is 1. The normalized spacial score (nSPS) is 10.8. The molecule has 7 nitrogen and oxygen atoms in total. The first kappa shape index (κ1) is 19.6. The van der Waals surface area contributed by atoms with Crippen LogP contribution in [0.15, 0.2) is 67.0 Å². The average Bonchev–Trinajstić information content (AvgIpc) is 3.15. The molecule has 1 amide bonds. The van der Waals surface area contributed by atoms with Gasteiger partial charge in [-0.05, 0) is 42.0 Å². The van der Waals surface area contributed by atoms with Crippen molar-refractivity contribution in [3.05, 3.63) is 84.1 Å². The van der Waals surface area contributed by atoms with Crippen molar-refractivity contribution in [2.75, 3.05) is 7.11 Å². The summed E-state index contributed by atoms with van der Waals surface area (Å²) in [4.78, 5) is 25.8. The molecule has 0 radical (unpaired) electrons. The first-order valence-electron chi connectivity index (χ1n) is 9.82. The Hall–Kier alpha value is -3.74. The molecule has 0 bridgehead atoms. The van der Waals surface area contributed by atoms with Gasteiger partial charge in [0.25, 0.3) is 0 Å². The van der Waals surface area contributed by atoms with Gasteiger partial charge in [-0.25, -0.2) is 9.97 Å². The Kier molecular flexibility index (Phi) is 5.98. The first-order chi connectivity index (χ1) is 14.7. The van der Waals surface area contributed by atoms with E-state index < -0.39 is 0 Å². The Balaban J connectivity index is 1.47. The second-order valence-electron chi connectivity index (χ2n) is 6.91. The minimum absolute atomic E-state index is 0.0309. The number of pyridine rings is 2. The maximum atomic E-state index is 12.3. The summed E-state index contributed by atoms with van der Waals surface area (Å²) in [6.45, 7) is 1.05. The Bertz CT molecular complexity index is 1120. The summed E-state index contributed by atoms with van der Waals surface area (Å²) < 4.78 is 7.31. The number of nitrogens with one attached hydrogen (secondary N) is 1. The molecule has 0 atom stereocenters. The van der Waals surface area contributed by atoms with Gasteiger partial charge < -0.3 is 14.6 Å². The highest BCUT2D eigenvalue weighted by Crippen LogP contribution is 2.19. The molecule has 152 valence electrons. The molecule has 4 aromatic rings. The number of amides is 1. The minimum atomic E-state index is -0.0309. The van der Waals surface area contributed by atoms with E-state index in [1.54, 1.807) is 19.5 Å². The van der Waals surface area contributed by atoms with E-state index in [9.17, 15) is 4.79 Å². The smallest absolute Gasteiger partial charge is 0.220 e. The summed E-state index contributed by atoms with van der Waals surface area (Å²) >= 11 is 0. The Morgan fingerprint density at radius 2 is 1.87 bits per heavy atom. The number of benzene rings is 1. The van der Waals surface area contributed by atoms with E-state index in [0.717, 1.165) is 34.0 Å². The molecule has 7 heteroatoms. The molecule has 1 aromatic carbocycles. The lowest BCUT2D eigenvalue weighted by Crippen LogP contribution is -2.24. The largest absolute Gasteiger partial charge is 0.497 e. The maximum absolute atomic E-state index is 12.3. The van der Waals surface area contributed by atoms with Crippen LogP contribution in [-0.4, -0.2) is 32.5 Å². The predicted molar refractivity (Wildman–Crippen MR) is 114 cm³/mol. The summed E-state index contributed by atoms with van der Waals surface area (Å²) in [6.07, 6.45) is 4.35. The molecule has 30 heavy (non-hydrogen) atoms. The fraction of sp³-hybridized carbons (Fsp3) is 0.217. The third kappa shape index (κ3) is 4.63. The fourth-order valence-electron chi connectivity index (χ4n) is 3.28.